The van der Waals surface area contributed by atoms with Crippen LogP contribution in [0.2, 0.25) is 0 Å². The second-order valence-corrected chi connectivity index (χ2v) is 9.74. The van der Waals surface area contributed by atoms with Crippen LogP contribution in [0.1, 0.15) is 74.6 Å². The van der Waals surface area contributed by atoms with Crippen molar-refractivity contribution in [2.45, 2.75) is 89.3 Å². The predicted molar refractivity (Wildman–Crippen MR) is 122 cm³/mol. The molecule has 4 rings (SSSR count). The highest BCUT2D eigenvalue weighted by Crippen LogP contribution is 2.39. The number of rotatable bonds is 7. The van der Waals surface area contributed by atoms with Crippen LogP contribution in [0.4, 0.5) is 5.13 Å². The fraction of sp³-hybridized carbons (Fsp3) is 0.583. The molecule has 30 heavy (non-hydrogen) atoms. The van der Waals surface area contributed by atoms with Gasteiger partial charge in [0, 0.05) is 18.6 Å². The monoisotopic (exact) mass is 427 g/mol. The van der Waals surface area contributed by atoms with Crippen molar-refractivity contribution in [1.29, 1.82) is 0 Å². The van der Waals surface area contributed by atoms with Crippen molar-refractivity contribution < 1.29 is 9.90 Å². The molecule has 162 valence electrons. The minimum Gasteiger partial charge on any atom is -0.492 e. The van der Waals surface area contributed by atoms with E-state index in [9.17, 15) is 9.90 Å². The van der Waals surface area contributed by atoms with Crippen molar-refractivity contribution in [1.82, 2.24) is 10.3 Å². The third-order valence-electron chi connectivity index (χ3n) is 6.48. The first kappa shape index (κ1) is 21.2. The molecule has 0 spiro atoms. The van der Waals surface area contributed by atoms with Crippen LogP contribution in [0.5, 0.6) is 5.88 Å². The van der Waals surface area contributed by atoms with E-state index in [4.69, 9.17) is 0 Å². The van der Waals surface area contributed by atoms with E-state index in [2.05, 4.69) is 15.2 Å². The van der Waals surface area contributed by atoms with Crippen molar-refractivity contribution in [2.24, 2.45) is 0 Å². The highest BCUT2D eigenvalue weighted by atomic mass is 32.1. The van der Waals surface area contributed by atoms with Crippen LogP contribution in [0.3, 0.4) is 0 Å². The third kappa shape index (κ3) is 5.34. The van der Waals surface area contributed by atoms with Crippen LogP contribution in [-0.4, -0.2) is 28.1 Å². The lowest BCUT2D eigenvalue weighted by molar-refractivity contribution is -0.120. The Hall–Kier alpha value is -2.08. The van der Waals surface area contributed by atoms with Gasteiger partial charge in [-0.3, -0.25) is 4.79 Å². The molecule has 0 unspecified atom stereocenters. The number of aromatic hydroxyl groups is 1. The van der Waals surface area contributed by atoms with E-state index >= 15 is 0 Å². The molecule has 1 heterocycles. The number of aromatic nitrogens is 1. The minimum atomic E-state index is -0.0776. The zero-order chi connectivity index (χ0) is 20.8. The van der Waals surface area contributed by atoms with Crippen LogP contribution in [0, 0.1) is 0 Å². The van der Waals surface area contributed by atoms with Crippen LogP contribution in [-0.2, 0) is 17.8 Å². The van der Waals surface area contributed by atoms with Gasteiger partial charge < -0.3 is 15.3 Å². The van der Waals surface area contributed by atoms with Crippen molar-refractivity contribution in [2.75, 3.05) is 4.90 Å². The molecule has 2 fully saturated rings. The summed E-state index contributed by atoms with van der Waals surface area (Å²) in [6.45, 7) is 0.502. The van der Waals surface area contributed by atoms with E-state index < -0.39 is 0 Å². The molecule has 2 aliphatic carbocycles. The van der Waals surface area contributed by atoms with Gasteiger partial charge in [-0.1, -0.05) is 80.2 Å². The van der Waals surface area contributed by atoms with E-state index in [1.165, 1.54) is 75.5 Å². The Morgan fingerprint density at radius 2 is 1.60 bits per heavy atom. The van der Waals surface area contributed by atoms with Gasteiger partial charge in [0.15, 0.2) is 5.13 Å². The summed E-state index contributed by atoms with van der Waals surface area (Å²) in [5.41, 5.74) is 1.07. The molecular formula is C24H33N3O2S. The van der Waals surface area contributed by atoms with Gasteiger partial charge in [-0.25, -0.2) is 0 Å². The second-order valence-electron chi connectivity index (χ2n) is 8.67. The number of hydrogen-bond donors (Lipinski definition) is 2. The fourth-order valence-electron chi connectivity index (χ4n) is 4.89. The van der Waals surface area contributed by atoms with E-state index in [0.29, 0.717) is 23.5 Å². The van der Waals surface area contributed by atoms with E-state index in [1.54, 1.807) is 0 Å². The number of benzene rings is 1. The number of carbonyl (C=O) groups is 1. The van der Waals surface area contributed by atoms with Gasteiger partial charge in [-0.15, -0.1) is 0 Å². The SMILES string of the molecule is O=C(Cc1sc(N(C2CCCCC2)C2CCCCC2)nc1O)NCc1ccccc1. The van der Waals surface area contributed by atoms with Crippen LogP contribution >= 0.6 is 11.3 Å². The first-order chi connectivity index (χ1) is 14.7. The number of nitrogens with zero attached hydrogens (tertiary/aromatic N) is 2. The van der Waals surface area contributed by atoms with Crippen molar-refractivity contribution >= 4 is 22.4 Å². The molecular weight excluding hydrogens is 394 g/mol. The molecule has 0 saturated heterocycles. The van der Waals surface area contributed by atoms with Crippen LogP contribution in [0.25, 0.3) is 0 Å². The number of thiazole rings is 1. The van der Waals surface area contributed by atoms with E-state index in [1.807, 2.05) is 30.3 Å². The molecule has 2 N–H and O–H groups in total. The first-order valence-electron chi connectivity index (χ1n) is 11.5. The lowest BCUT2D eigenvalue weighted by Gasteiger charge is -2.41. The molecule has 0 radical (unpaired) electrons. The standard InChI is InChI=1S/C24H33N3O2S/c28-22(25-17-18-10-4-1-5-11-18)16-21-23(29)26-24(30-21)27(19-12-6-2-7-13-19)20-14-8-3-9-15-20/h1,4-5,10-11,19-20,29H,2-3,6-9,12-17H2,(H,25,28). The van der Waals surface area contributed by atoms with Gasteiger partial charge in [0.2, 0.25) is 11.8 Å². The van der Waals surface area contributed by atoms with Gasteiger partial charge >= 0.3 is 0 Å². The summed E-state index contributed by atoms with van der Waals surface area (Å²) in [6.07, 6.45) is 12.8. The van der Waals surface area contributed by atoms with E-state index in [-0.39, 0.29) is 18.2 Å². The number of amides is 1. The van der Waals surface area contributed by atoms with Crippen LogP contribution < -0.4 is 10.2 Å². The smallest absolute Gasteiger partial charge is 0.227 e. The number of carbonyl (C=O) groups excluding carboxylic acids is 1. The van der Waals surface area contributed by atoms with E-state index in [0.717, 1.165) is 10.7 Å². The van der Waals surface area contributed by atoms with Crippen molar-refractivity contribution in [3.05, 3.63) is 40.8 Å². The molecule has 1 aromatic heterocycles. The summed E-state index contributed by atoms with van der Waals surface area (Å²) in [4.78, 5) is 20.2. The highest BCUT2D eigenvalue weighted by molar-refractivity contribution is 7.16. The molecule has 2 aromatic rings. The maximum absolute atomic E-state index is 12.5. The van der Waals surface area contributed by atoms with Gasteiger partial charge in [0.05, 0.1) is 11.3 Å². The topological polar surface area (TPSA) is 65.5 Å². The molecule has 6 heteroatoms. The Morgan fingerprint density at radius 3 is 2.20 bits per heavy atom. The minimum absolute atomic E-state index is 0.0291. The van der Waals surface area contributed by atoms with Crippen LogP contribution in [0.15, 0.2) is 30.3 Å². The summed E-state index contributed by atoms with van der Waals surface area (Å²) < 4.78 is 0. The van der Waals surface area contributed by atoms with Gasteiger partial charge in [-0.05, 0) is 31.2 Å². The Morgan fingerprint density at radius 1 is 1.00 bits per heavy atom. The summed E-state index contributed by atoms with van der Waals surface area (Å²) in [7, 11) is 0. The molecule has 2 saturated carbocycles. The molecule has 0 bridgehead atoms. The summed E-state index contributed by atoms with van der Waals surface area (Å²) in [5.74, 6) is -0.0484. The Bertz CT molecular complexity index is 793. The summed E-state index contributed by atoms with van der Waals surface area (Å²) >= 11 is 1.51. The molecule has 0 atom stereocenters. The number of nitrogens with one attached hydrogen (secondary N) is 1. The summed E-state index contributed by atoms with van der Waals surface area (Å²) in [5, 5.41) is 14.4. The Balaban J connectivity index is 1.45. The average Bonchev–Trinajstić information content (AvgIpc) is 3.14. The Labute approximate surface area is 183 Å². The van der Waals surface area contributed by atoms with Gasteiger partial charge in [0.1, 0.15) is 0 Å². The average molecular weight is 428 g/mol. The largest absolute Gasteiger partial charge is 0.492 e. The highest BCUT2D eigenvalue weighted by Gasteiger charge is 2.32. The molecule has 1 aromatic carbocycles. The maximum Gasteiger partial charge on any atom is 0.227 e. The molecule has 1 amide bonds. The van der Waals surface area contributed by atoms with Crippen molar-refractivity contribution in [3.63, 3.8) is 0 Å². The zero-order valence-electron chi connectivity index (χ0n) is 17.7. The van der Waals surface area contributed by atoms with Gasteiger partial charge in [0.25, 0.3) is 0 Å². The third-order valence-corrected chi connectivity index (χ3v) is 7.53. The molecule has 5 nitrogen and oxygen atoms in total. The quantitative estimate of drug-likeness (QED) is 0.639. The number of hydrogen-bond acceptors (Lipinski definition) is 5. The van der Waals surface area contributed by atoms with Gasteiger partial charge in [-0.2, -0.15) is 4.98 Å². The maximum atomic E-state index is 12.5. The van der Waals surface area contributed by atoms with Crippen molar-refractivity contribution in [3.8, 4) is 5.88 Å². The zero-order valence-corrected chi connectivity index (χ0v) is 18.5. The fourth-order valence-corrected chi connectivity index (χ4v) is 5.99. The lowest BCUT2D eigenvalue weighted by atomic mass is 9.89. The Kier molecular flexibility index (Phi) is 7.26. The molecule has 2 aliphatic rings. The lowest BCUT2D eigenvalue weighted by Crippen LogP contribution is -2.45. The second kappa shape index (κ2) is 10.3. The first-order valence-corrected chi connectivity index (χ1v) is 12.3. The summed E-state index contributed by atoms with van der Waals surface area (Å²) in [6, 6.07) is 10.9. The molecule has 0 aliphatic heterocycles. The number of anilines is 1. The predicted octanol–water partition coefficient (Wildman–Crippen LogP) is 5.18. The normalized spacial score (nSPS) is 18.3.